The fourth-order valence-electron chi connectivity index (χ4n) is 1.18. The molecule has 0 aliphatic rings. The van der Waals surface area contributed by atoms with E-state index < -0.39 is 0 Å². The van der Waals surface area contributed by atoms with Crippen molar-refractivity contribution in [3.8, 4) is 0 Å². The Kier molecular flexibility index (Phi) is 9.46. The van der Waals surface area contributed by atoms with E-state index in [0.717, 1.165) is 0 Å². The van der Waals surface area contributed by atoms with Crippen LogP contribution in [0.2, 0.25) is 0 Å². The summed E-state index contributed by atoms with van der Waals surface area (Å²) in [4.78, 5) is 0. The molecule has 0 radical (unpaired) electrons. The van der Waals surface area contributed by atoms with Gasteiger partial charge in [-0.1, -0.05) is 86.0 Å². The summed E-state index contributed by atoms with van der Waals surface area (Å²) >= 11 is 0. The molecule has 0 bridgehead atoms. The van der Waals surface area contributed by atoms with Crippen molar-refractivity contribution in [3.05, 3.63) is 84.9 Å². The first-order valence-electron chi connectivity index (χ1n) is 5.22. The predicted molar refractivity (Wildman–Crippen MR) is 80.2 cm³/mol. The first-order valence-corrected chi connectivity index (χ1v) is 5.22. The van der Waals surface area contributed by atoms with Gasteiger partial charge in [0.25, 0.3) is 0 Å². The summed E-state index contributed by atoms with van der Waals surface area (Å²) in [5, 5.41) is 0. The van der Waals surface area contributed by atoms with Gasteiger partial charge in [0.15, 0.2) is 0 Å². The monoisotopic (exact) mass is 232 g/mol. The normalized spacial score (nSPS) is 8.00. The van der Waals surface area contributed by atoms with E-state index in [4.69, 9.17) is 0 Å². The van der Waals surface area contributed by atoms with E-state index in [-0.39, 0.29) is 29.6 Å². The fourth-order valence-corrected chi connectivity index (χ4v) is 1.18. The molecule has 2 aromatic rings. The fraction of sp³-hybridized carbons (Fsp3) is 0. The molecule has 0 spiro atoms. The van der Waals surface area contributed by atoms with Gasteiger partial charge in [-0.25, -0.2) is 0 Å². The summed E-state index contributed by atoms with van der Waals surface area (Å²) in [6.07, 6.45) is 3.67. The maximum atomic E-state index is 3.63. The van der Waals surface area contributed by atoms with E-state index in [9.17, 15) is 0 Å². The molecule has 0 fully saturated rings. The minimum absolute atomic E-state index is 0. The molecule has 0 aliphatic carbocycles. The van der Waals surface area contributed by atoms with E-state index in [2.05, 4.69) is 13.2 Å². The standard InChI is InChI=1S/2C8H8.Na.H/c2*1-2-8-6-4-3-5-7-8;;/h2*2-7H,1H2;;. The quantitative estimate of drug-likeness (QED) is 0.686. The second-order valence-electron chi connectivity index (χ2n) is 3.23. The van der Waals surface area contributed by atoms with Crippen molar-refractivity contribution in [3.63, 3.8) is 0 Å². The van der Waals surface area contributed by atoms with Gasteiger partial charge in [0, 0.05) is 0 Å². The second-order valence-corrected chi connectivity index (χ2v) is 3.23. The molecule has 0 amide bonds. The van der Waals surface area contributed by atoms with Crippen LogP contribution in [0.1, 0.15) is 11.1 Å². The molecule has 0 nitrogen and oxygen atoms in total. The number of hydrogen-bond acceptors (Lipinski definition) is 0. The molecular weight excluding hydrogens is 215 g/mol. The zero-order valence-electron chi connectivity index (χ0n) is 9.34. The van der Waals surface area contributed by atoms with Crippen molar-refractivity contribution in [1.29, 1.82) is 0 Å². The average Bonchev–Trinajstić information content (AvgIpc) is 2.41. The van der Waals surface area contributed by atoms with Crippen LogP contribution in [0.3, 0.4) is 0 Å². The van der Waals surface area contributed by atoms with Gasteiger partial charge in [-0.05, 0) is 11.1 Å². The number of rotatable bonds is 2. The zero-order chi connectivity index (χ0) is 11.6. The molecule has 0 N–H and O–H groups in total. The SMILES string of the molecule is C=Cc1ccccc1.C=Cc1ccccc1.[NaH]. The molecule has 0 atom stereocenters. The molecule has 17 heavy (non-hydrogen) atoms. The first kappa shape index (κ1) is 15.9. The number of hydrogen-bond donors (Lipinski definition) is 0. The Morgan fingerprint density at radius 2 is 0.882 bits per heavy atom. The van der Waals surface area contributed by atoms with Crippen LogP contribution in [0.5, 0.6) is 0 Å². The third-order valence-corrected chi connectivity index (χ3v) is 2.07. The van der Waals surface area contributed by atoms with Crippen molar-refractivity contribution in [2.45, 2.75) is 0 Å². The van der Waals surface area contributed by atoms with Gasteiger partial charge in [0.1, 0.15) is 0 Å². The summed E-state index contributed by atoms with van der Waals surface area (Å²) < 4.78 is 0. The molecule has 2 aromatic carbocycles. The van der Waals surface area contributed by atoms with Gasteiger partial charge in [0.05, 0.1) is 0 Å². The van der Waals surface area contributed by atoms with E-state index in [0.29, 0.717) is 0 Å². The molecule has 0 aliphatic heterocycles. The molecule has 0 heterocycles. The first-order chi connectivity index (χ1) is 7.86. The van der Waals surface area contributed by atoms with Crippen molar-refractivity contribution >= 4 is 41.7 Å². The minimum atomic E-state index is 0. The Balaban J connectivity index is 0.000000284. The number of benzene rings is 2. The van der Waals surface area contributed by atoms with Crippen LogP contribution in [0.15, 0.2) is 73.8 Å². The van der Waals surface area contributed by atoms with Crippen molar-refractivity contribution in [2.24, 2.45) is 0 Å². The Morgan fingerprint density at radius 3 is 1.06 bits per heavy atom. The third-order valence-electron chi connectivity index (χ3n) is 2.07. The summed E-state index contributed by atoms with van der Waals surface area (Å²) in [7, 11) is 0. The van der Waals surface area contributed by atoms with E-state index in [1.165, 1.54) is 11.1 Å². The Bertz CT molecular complexity index is 374. The molecule has 82 valence electrons. The van der Waals surface area contributed by atoms with Gasteiger partial charge in [-0.3, -0.25) is 0 Å². The van der Waals surface area contributed by atoms with Crippen LogP contribution >= 0.6 is 0 Å². The molecule has 0 saturated carbocycles. The van der Waals surface area contributed by atoms with Crippen LogP contribution in [0.4, 0.5) is 0 Å². The summed E-state index contributed by atoms with van der Waals surface area (Å²) in [5.41, 5.74) is 2.35. The summed E-state index contributed by atoms with van der Waals surface area (Å²) in [6.45, 7) is 7.26. The van der Waals surface area contributed by atoms with Crippen molar-refractivity contribution in [2.75, 3.05) is 0 Å². The van der Waals surface area contributed by atoms with Gasteiger partial charge in [-0.2, -0.15) is 0 Å². The van der Waals surface area contributed by atoms with E-state index in [1.54, 1.807) is 0 Å². The molecule has 2 rings (SSSR count). The van der Waals surface area contributed by atoms with Crippen molar-refractivity contribution < 1.29 is 0 Å². The Labute approximate surface area is 126 Å². The Hall–Kier alpha value is -1.08. The Morgan fingerprint density at radius 1 is 0.588 bits per heavy atom. The van der Waals surface area contributed by atoms with Gasteiger partial charge >= 0.3 is 29.6 Å². The van der Waals surface area contributed by atoms with Crippen LogP contribution in [0.25, 0.3) is 12.2 Å². The average molecular weight is 232 g/mol. The van der Waals surface area contributed by atoms with Gasteiger partial charge in [-0.15, -0.1) is 0 Å². The second kappa shape index (κ2) is 10.1. The van der Waals surface area contributed by atoms with Crippen LogP contribution in [0, 0.1) is 0 Å². The van der Waals surface area contributed by atoms with E-state index >= 15 is 0 Å². The van der Waals surface area contributed by atoms with Crippen LogP contribution in [-0.2, 0) is 0 Å². The van der Waals surface area contributed by atoms with Crippen molar-refractivity contribution in [1.82, 2.24) is 0 Å². The topological polar surface area (TPSA) is 0 Å². The third kappa shape index (κ3) is 6.96. The van der Waals surface area contributed by atoms with Gasteiger partial charge in [0.2, 0.25) is 0 Å². The predicted octanol–water partition coefficient (Wildman–Crippen LogP) is 4.01. The van der Waals surface area contributed by atoms with Gasteiger partial charge < -0.3 is 0 Å². The maximum absolute atomic E-state index is 3.63. The molecule has 1 heteroatoms. The van der Waals surface area contributed by atoms with Crippen LogP contribution in [-0.4, -0.2) is 29.6 Å². The van der Waals surface area contributed by atoms with Crippen LogP contribution < -0.4 is 0 Å². The molecular formula is C16H17Na. The molecule has 0 unspecified atom stereocenters. The zero-order valence-corrected chi connectivity index (χ0v) is 9.34. The van der Waals surface area contributed by atoms with E-state index in [1.807, 2.05) is 72.8 Å². The molecule has 0 saturated heterocycles. The summed E-state index contributed by atoms with van der Waals surface area (Å²) in [5.74, 6) is 0. The summed E-state index contributed by atoms with van der Waals surface area (Å²) in [6, 6.07) is 20.1. The molecule has 0 aromatic heterocycles.